The summed E-state index contributed by atoms with van der Waals surface area (Å²) in [5.74, 6) is -0.626. The number of carboxylic acids is 1. The van der Waals surface area contributed by atoms with Crippen molar-refractivity contribution in [1.82, 2.24) is 4.90 Å². The number of likely N-dealkylation sites (tertiary alicyclic amines) is 1. The van der Waals surface area contributed by atoms with E-state index < -0.39 is 5.97 Å². The van der Waals surface area contributed by atoms with Gasteiger partial charge in [-0.15, -0.1) is 0 Å². The Morgan fingerprint density at radius 3 is 2.72 bits per heavy atom. The molecule has 98 valence electrons. The molecule has 1 N–H and O–H groups in total. The van der Waals surface area contributed by atoms with Crippen molar-refractivity contribution in [3.05, 3.63) is 28.8 Å². The fraction of sp³-hybridized carbons (Fsp3) is 0.462. The van der Waals surface area contributed by atoms with Gasteiger partial charge in [0, 0.05) is 18.1 Å². The summed E-state index contributed by atoms with van der Waals surface area (Å²) >= 11 is 5.88. The number of benzene rings is 1. The number of halogens is 1. The van der Waals surface area contributed by atoms with Crippen LogP contribution in [-0.4, -0.2) is 42.2 Å². The molecule has 2 rings (SSSR count). The second-order valence-electron chi connectivity index (χ2n) is 4.57. The SMILES string of the molecule is CN1CCC(Oc2cc(Cl)ccc2C(=O)O)CC1. The minimum atomic E-state index is -0.991. The van der Waals surface area contributed by atoms with Gasteiger partial charge in [0.2, 0.25) is 0 Å². The number of aromatic carboxylic acids is 1. The van der Waals surface area contributed by atoms with Gasteiger partial charge in [-0.1, -0.05) is 11.6 Å². The molecule has 1 fully saturated rings. The van der Waals surface area contributed by atoms with Gasteiger partial charge >= 0.3 is 5.97 Å². The Kier molecular flexibility index (Phi) is 4.09. The molecule has 0 saturated carbocycles. The van der Waals surface area contributed by atoms with E-state index in [9.17, 15) is 4.79 Å². The Morgan fingerprint density at radius 2 is 2.11 bits per heavy atom. The van der Waals surface area contributed by atoms with Crippen LogP contribution in [0.5, 0.6) is 5.75 Å². The maximum atomic E-state index is 11.1. The topological polar surface area (TPSA) is 49.8 Å². The predicted octanol–water partition coefficient (Wildman–Crippen LogP) is 2.51. The number of carbonyl (C=O) groups is 1. The highest BCUT2D eigenvalue weighted by atomic mass is 35.5. The van der Waals surface area contributed by atoms with E-state index >= 15 is 0 Å². The maximum absolute atomic E-state index is 11.1. The third kappa shape index (κ3) is 3.15. The monoisotopic (exact) mass is 269 g/mol. The zero-order valence-corrected chi connectivity index (χ0v) is 11.0. The van der Waals surface area contributed by atoms with Gasteiger partial charge in [-0.05, 0) is 38.1 Å². The fourth-order valence-corrected chi connectivity index (χ4v) is 2.21. The van der Waals surface area contributed by atoms with Crippen molar-refractivity contribution in [3.8, 4) is 5.75 Å². The molecule has 0 bridgehead atoms. The summed E-state index contributed by atoms with van der Waals surface area (Å²) in [6.07, 6.45) is 1.88. The van der Waals surface area contributed by atoms with Crippen molar-refractivity contribution < 1.29 is 14.6 Å². The standard InChI is InChI=1S/C13H16ClNO3/c1-15-6-4-10(5-7-15)18-12-8-9(14)2-3-11(12)13(16)17/h2-3,8,10H,4-7H2,1H3,(H,16,17). The second kappa shape index (κ2) is 5.59. The van der Waals surface area contributed by atoms with Crippen LogP contribution in [0.3, 0.4) is 0 Å². The highest BCUT2D eigenvalue weighted by Gasteiger charge is 2.20. The van der Waals surface area contributed by atoms with Crippen molar-refractivity contribution >= 4 is 17.6 Å². The maximum Gasteiger partial charge on any atom is 0.339 e. The van der Waals surface area contributed by atoms with Crippen molar-refractivity contribution in [2.24, 2.45) is 0 Å². The first-order chi connectivity index (χ1) is 8.56. The van der Waals surface area contributed by atoms with E-state index in [1.807, 2.05) is 0 Å². The molecule has 1 aromatic rings. The number of hydrogen-bond donors (Lipinski definition) is 1. The van der Waals surface area contributed by atoms with Gasteiger partial charge in [-0.2, -0.15) is 0 Å². The molecule has 5 heteroatoms. The van der Waals surface area contributed by atoms with Crippen molar-refractivity contribution in [2.45, 2.75) is 18.9 Å². The van der Waals surface area contributed by atoms with Gasteiger partial charge in [0.1, 0.15) is 17.4 Å². The van der Waals surface area contributed by atoms with E-state index in [4.69, 9.17) is 21.4 Å². The molecule has 1 saturated heterocycles. The number of ether oxygens (including phenoxy) is 1. The lowest BCUT2D eigenvalue weighted by Gasteiger charge is -2.29. The van der Waals surface area contributed by atoms with Gasteiger partial charge < -0.3 is 14.7 Å². The molecule has 4 nitrogen and oxygen atoms in total. The van der Waals surface area contributed by atoms with Crippen molar-refractivity contribution in [2.75, 3.05) is 20.1 Å². The van der Waals surface area contributed by atoms with Gasteiger partial charge in [0.15, 0.2) is 0 Å². The predicted molar refractivity (Wildman–Crippen MR) is 69.6 cm³/mol. The van der Waals surface area contributed by atoms with Crippen molar-refractivity contribution in [1.29, 1.82) is 0 Å². The molecule has 1 aliphatic heterocycles. The summed E-state index contributed by atoms with van der Waals surface area (Å²) in [6, 6.07) is 4.62. The summed E-state index contributed by atoms with van der Waals surface area (Å²) in [7, 11) is 2.07. The molecule has 1 aliphatic rings. The normalized spacial score (nSPS) is 17.7. The smallest absolute Gasteiger partial charge is 0.339 e. The average Bonchev–Trinajstić information content (AvgIpc) is 2.32. The Morgan fingerprint density at radius 1 is 1.44 bits per heavy atom. The van der Waals surface area contributed by atoms with Gasteiger partial charge in [-0.25, -0.2) is 4.79 Å². The van der Waals surface area contributed by atoms with E-state index in [0.29, 0.717) is 10.8 Å². The van der Waals surface area contributed by atoms with Crippen LogP contribution >= 0.6 is 11.6 Å². The van der Waals surface area contributed by atoms with E-state index in [-0.39, 0.29) is 11.7 Å². The first kappa shape index (κ1) is 13.2. The Balaban J connectivity index is 2.12. The molecular formula is C13H16ClNO3. The number of nitrogens with zero attached hydrogens (tertiary/aromatic N) is 1. The van der Waals surface area contributed by atoms with E-state index in [1.165, 1.54) is 6.07 Å². The quantitative estimate of drug-likeness (QED) is 0.916. The van der Waals surface area contributed by atoms with Crippen LogP contribution in [0.4, 0.5) is 0 Å². The minimum Gasteiger partial charge on any atom is -0.489 e. The largest absolute Gasteiger partial charge is 0.489 e. The molecule has 0 amide bonds. The number of carboxylic acid groups (broad SMARTS) is 1. The summed E-state index contributed by atoms with van der Waals surface area (Å²) < 4.78 is 5.78. The lowest BCUT2D eigenvalue weighted by atomic mass is 10.1. The second-order valence-corrected chi connectivity index (χ2v) is 5.00. The number of rotatable bonds is 3. The van der Waals surface area contributed by atoms with Crippen LogP contribution in [0, 0.1) is 0 Å². The minimum absolute atomic E-state index is 0.0674. The zero-order chi connectivity index (χ0) is 13.1. The highest BCUT2D eigenvalue weighted by Crippen LogP contribution is 2.26. The lowest BCUT2D eigenvalue weighted by Crippen LogP contribution is -2.35. The summed E-state index contributed by atoms with van der Waals surface area (Å²) in [5.41, 5.74) is 0.165. The van der Waals surface area contributed by atoms with Crippen LogP contribution in [0.15, 0.2) is 18.2 Å². The Labute approximate surface area is 111 Å². The Bertz CT molecular complexity index is 442. The molecule has 0 aromatic heterocycles. The lowest BCUT2D eigenvalue weighted by molar-refractivity contribution is 0.0681. The average molecular weight is 270 g/mol. The van der Waals surface area contributed by atoms with E-state index in [1.54, 1.807) is 12.1 Å². The van der Waals surface area contributed by atoms with E-state index in [2.05, 4.69) is 11.9 Å². The molecule has 0 radical (unpaired) electrons. The van der Waals surface area contributed by atoms with Crippen LogP contribution in [0.1, 0.15) is 23.2 Å². The molecule has 0 atom stereocenters. The zero-order valence-electron chi connectivity index (χ0n) is 10.2. The molecule has 1 aromatic carbocycles. The van der Waals surface area contributed by atoms with Gasteiger partial charge in [0.25, 0.3) is 0 Å². The number of piperidine rings is 1. The van der Waals surface area contributed by atoms with Gasteiger partial charge in [0.05, 0.1) is 0 Å². The molecular weight excluding hydrogens is 254 g/mol. The summed E-state index contributed by atoms with van der Waals surface area (Å²) in [4.78, 5) is 13.3. The first-order valence-electron chi connectivity index (χ1n) is 5.94. The highest BCUT2D eigenvalue weighted by molar-refractivity contribution is 6.30. The van der Waals surface area contributed by atoms with Crippen LogP contribution in [0.2, 0.25) is 5.02 Å². The molecule has 0 unspecified atom stereocenters. The third-order valence-corrected chi connectivity index (χ3v) is 3.37. The van der Waals surface area contributed by atoms with E-state index in [0.717, 1.165) is 25.9 Å². The van der Waals surface area contributed by atoms with Crippen LogP contribution in [0.25, 0.3) is 0 Å². The van der Waals surface area contributed by atoms with Crippen LogP contribution in [-0.2, 0) is 0 Å². The molecule has 0 aliphatic carbocycles. The molecule has 18 heavy (non-hydrogen) atoms. The van der Waals surface area contributed by atoms with Gasteiger partial charge in [-0.3, -0.25) is 0 Å². The fourth-order valence-electron chi connectivity index (χ4n) is 2.05. The third-order valence-electron chi connectivity index (χ3n) is 3.13. The summed E-state index contributed by atoms with van der Waals surface area (Å²) in [6.45, 7) is 1.93. The first-order valence-corrected chi connectivity index (χ1v) is 6.32. The summed E-state index contributed by atoms with van der Waals surface area (Å²) in [5, 5.41) is 9.59. The molecule has 1 heterocycles. The number of hydrogen-bond acceptors (Lipinski definition) is 3. The Hall–Kier alpha value is -1.26. The van der Waals surface area contributed by atoms with Crippen molar-refractivity contribution in [3.63, 3.8) is 0 Å². The van der Waals surface area contributed by atoms with Crippen LogP contribution < -0.4 is 4.74 Å². The molecule has 0 spiro atoms.